The SMILES string of the molecule is CC1C=Cc2c(sc3c2ccc2c4cc(-c5ccc6c(c5)c5ccccc5n6-c5cccc(-c6ccccc6)c5)ccc4n(-c4cccc5ccccc45)c23)C1. The molecule has 0 bridgehead atoms. The minimum absolute atomic E-state index is 0.559. The van der Waals surface area contributed by atoms with E-state index in [1.54, 1.807) is 0 Å². The lowest BCUT2D eigenvalue weighted by atomic mass is 9.95. The summed E-state index contributed by atoms with van der Waals surface area (Å²) < 4.78 is 6.35. The van der Waals surface area contributed by atoms with Gasteiger partial charge < -0.3 is 9.13 Å². The molecule has 3 heteroatoms. The van der Waals surface area contributed by atoms with Crippen molar-refractivity contribution in [2.45, 2.75) is 13.3 Å². The molecule has 1 atom stereocenters. The number of para-hydroxylation sites is 1. The standard InChI is InChI=1S/C53H36N2S/c1-33-21-24-42-44-26-25-43-46-32-38(23-28-50(46)55(52(43)53(44)56-51(42)29-33)47-20-10-14-35-13-5-6-17-40(35)47)37-22-27-49-45(31-37)41-18-7-8-19-48(41)54(49)39-16-9-15-36(30-39)34-11-3-2-4-12-34/h2-28,30-33H,29H2,1H3. The summed E-state index contributed by atoms with van der Waals surface area (Å²) in [6.45, 7) is 2.33. The Labute approximate surface area is 328 Å². The summed E-state index contributed by atoms with van der Waals surface area (Å²) in [7, 11) is 0. The second kappa shape index (κ2) is 12.2. The Morgan fingerprint density at radius 2 is 1.12 bits per heavy atom. The molecule has 1 unspecified atom stereocenters. The Bertz CT molecular complexity index is 3400. The maximum absolute atomic E-state index is 2.55. The highest BCUT2D eigenvalue weighted by Crippen LogP contribution is 2.46. The molecule has 0 radical (unpaired) electrons. The van der Waals surface area contributed by atoms with E-state index in [1.807, 2.05) is 11.3 Å². The third-order valence-electron chi connectivity index (χ3n) is 12.0. The van der Waals surface area contributed by atoms with Crippen molar-refractivity contribution in [3.05, 3.63) is 186 Å². The Morgan fingerprint density at radius 1 is 0.482 bits per heavy atom. The number of hydrogen-bond acceptors (Lipinski definition) is 1. The smallest absolute Gasteiger partial charge is 0.0719 e. The van der Waals surface area contributed by atoms with Crippen molar-refractivity contribution in [1.82, 2.24) is 9.13 Å². The fourth-order valence-electron chi connectivity index (χ4n) is 9.40. The summed E-state index contributed by atoms with van der Waals surface area (Å²) in [5, 5.41) is 8.98. The van der Waals surface area contributed by atoms with Crippen LogP contribution < -0.4 is 0 Å². The number of fused-ring (bicyclic) bond motifs is 11. The number of nitrogens with zero attached hydrogens (tertiary/aromatic N) is 2. The van der Waals surface area contributed by atoms with E-state index in [4.69, 9.17) is 0 Å². The maximum Gasteiger partial charge on any atom is 0.0719 e. The van der Waals surface area contributed by atoms with Crippen LogP contribution in [0.1, 0.15) is 17.4 Å². The monoisotopic (exact) mass is 732 g/mol. The van der Waals surface area contributed by atoms with Gasteiger partial charge in [-0.3, -0.25) is 0 Å². The summed E-state index contributed by atoms with van der Waals surface area (Å²) in [5.74, 6) is 0.559. The summed E-state index contributed by atoms with van der Waals surface area (Å²) >= 11 is 1.99. The molecule has 0 aliphatic heterocycles. The van der Waals surface area contributed by atoms with Gasteiger partial charge in [-0.25, -0.2) is 0 Å². The summed E-state index contributed by atoms with van der Waals surface area (Å²) in [6.07, 6.45) is 5.84. The third kappa shape index (κ3) is 4.68. The lowest BCUT2D eigenvalue weighted by Gasteiger charge is -2.12. The molecule has 56 heavy (non-hydrogen) atoms. The molecule has 0 saturated carbocycles. The van der Waals surface area contributed by atoms with Crippen LogP contribution in [0.4, 0.5) is 0 Å². The molecule has 0 amide bonds. The molecule has 3 heterocycles. The second-order valence-corrected chi connectivity index (χ2v) is 16.5. The summed E-state index contributed by atoms with van der Waals surface area (Å²) in [5.41, 5.74) is 13.6. The first-order chi connectivity index (χ1) is 27.7. The van der Waals surface area contributed by atoms with Gasteiger partial charge in [-0.2, -0.15) is 0 Å². The van der Waals surface area contributed by atoms with Crippen LogP contribution >= 0.6 is 11.3 Å². The van der Waals surface area contributed by atoms with Crippen LogP contribution in [0.25, 0.3) is 104 Å². The van der Waals surface area contributed by atoms with Crippen LogP contribution in [0.2, 0.25) is 0 Å². The first kappa shape index (κ1) is 31.6. The highest BCUT2D eigenvalue weighted by atomic mass is 32.1. The fourth-order valence-corrected chi connectivity index (χ4v) is 10.9. The number of benzene rings is 8. The zero-order chi connectivity index (χ0) is 36.9. The largest absolute Gasteiger partial charge is 0.309 e. The molecular weight excluding hydrogens is 697 g/mol. The van der Waals surface area contributed by atoms with Gasteiger partial charge in [0.25, 0.3) is 0 Å². The van der Waals surface area contributed by atoms with Crippen molar-refractivity contribution < 1.29 is 0 Å². The molecule has 0 saturated heterocycles. The van der Waals surface area contributed by atoms with Gasteiger partial charge in [-0.1, -0.05) is 140 Å². The molecule has 1 aliphatic rings. The lowest BCUT2D eigenvalue weighted by molar-refractivity contribution is 0.728. The van der Waals surface area contributed by atoms with Gasteiger partial charge in [0.15, 0.2) is 0 Å². The Kier molecular flexibility index (Phi) is 6.87. The summed E-state index contributed by atoms with van der Waals surface area (Å²) in [6, 6.07) is 62.8. The van der Waals surface area contributed by atoms with E-state index in [-0.39, 0.29) is 0 Å². The maximum atomic E-state index is 2.55. The summed E-state index contributed by atoms with van der Waals surface area (Å²) in [4.78, 5) is 1.50. The highest BCUT2D eigenvalue weighted by molar-refractivity contribution is 7.20. The van der Waals surface area contributed by atoms with Gasteiger partial charge in [0.05, 0.1) is 32.5 Å². The highest BCUT2D eigenvalue weighted by Gasteiger charge is 2.23. The van der Waals surface area contributed by atoms with Gasteiger partial charge in [0.2, 0.25) is 0 Å². The van der Waals surface area contributed by atoms with E-state index in [9.17, 15) is 0 Å². The Hall–Kier alpha value is -6.68. The van der Waals surface area contributed by atoms with E-state index in [0.717, 1.165) is 6.42 Å². The first-order valence-corrected chi connectivity index (χ1v) is 20.4. The van der Waals surface area contributed by atoms with Gasteiger partial charge in [-0.15, -0.1) is 11.3 Å². The van der Waals surface area contributed by atoms with Crippen molar-refractivity contribution in [3.63, 3.8) is 0 Å². The van der Waals surface area contributed by atoms with Crippen LogP contribution in [0, 0.1) is 5.92 Å². The zero-order valence-electron chi connectivity index (χ0n) is 30.9. The molecule has 2 nitrogen and oxygen atoms in total. The number of aromatic nitrogens is 2. The molecular formula is C53H36N2S. The average molecular weight is 733 g/mol. The second-order valence-electron chi connectivity index (χ2n) is 15.4. The van der Waals surface area contributed by atoms with Gasteiger partial charge in [-0.05, 0) is 94.1 Å². The van der Waals surface area contributed by atoms with Crippen LogP contribution in [0.3, 0.4) is 0 Å². The number of rotatable bonds is 4. The fraction of sp³-hybridized carbons (Fsp3) is 0.0566. The zero-order valence-corrected chi connectivity index (χ0v) is 31.7. The molecule has 0 N–H and O–H groups in total. The van der Waals surface area contributed by atoms with E-state index in [2.05, 4.69) is 198 Å². The molecule has 264 valence electrons. The number of allylic oxidation sites excluding steroid dienone is 1. The van der Waals surface area contributed by atoms with Crippen LogP contribution in [-0.4, -0.2) is 9.13 Å². The first-order valence-electron chi connectivity index (χ1n) is 19.6. The van der Waals surface area contributed by atoms with Crippen LogP contribution in [0.5, 0.6) is 0 Å². The van der Waals surface area contributed by atoms with E-state index < -0.39 is 0 Å². The van der Waals surface area contributed by atoms with Crippen molar-refractivity contribution in [2.24, 2.45) is 5.92 Å². The number of hydrogen-bond donors (Lipinski definition) is 0. The van der Waals surface area contributed by atoms with Gasteiger partial charge >= 0.3 is 0 Å². The molecule has 0 spiro atoms. The minimum atomic E-state index is 0.559. The molecule has 1 aliphatic carbocycles. The topological polar surface area (TPSA) is 9.86 Å². The van der Waals surface area contributed by atoms with Crippen LogP contribution in [-0.2, 0) is 6.42 Å². The number of thiophene rings is 1. The van der Waals surface area contributed by atoms with Crippen molar-refractivity contribution in [2.75, 3.05) is 0 Å². The Morgan fingerprint density at radius 3 is 1.98 bits per heavy atom. The predicted molar refractivity (Wildman–Crippen MR) is 241 cm³/mol. The lowest BCUT2D eigenvalue weighted by Crippen LogP contribution is -1.99. The average Bonchev–Trinajstić information content (AvgIpc) is 3.90. The van der Waals surface area contributed by atoms with Crippen molar-refractivity contribution in [1.29, 1.82) is 0 Å². The van der Waals surface area contributed by atoms with E-state index in [1.165, 1.54) is 109 Å². The van der Waals surface area contributed by atoms with E-state index >= 15 is 0 Å². The molecule has 12 rings (SSSR count). The normalized spacial score (nSPS) is 14.2. The predicted octanol–water partition coefficient (Wildman–Crippen LogP) is 14.8. The van der Waals surface area contributed by atoms with Crippen molar-refractivity contribution in [3.8, 4) is 33.6 Å². The minimum Gasteiger partial charge on any atom is -0.309 e. The van der Waals surface area contributed by atoms with Crippen LogP contribution in [0.15, 0.2) is 176 Å². The molecule has 8 aromatic carbocycles. The molecule has 3 aromatic heterocycles. The molecule has 11 aromatic rings. The third-order valence-corrected chi connectivity index (χ3v) is 13.3. The quantitative estimate of drug-likeness (QED) is 0.170. The van der Waals surface area contributed by atoms with Gasteiger partial charge in [0, 0.05) is 42.9 Å². The van der Waals surface area contributed by atoms with Gasteiger partial charge in [0.1, 0.15) is 0 Å². The molecule has 0 fully saturated rings. The van der Waals surface area contributed by atoms with Crippen molar-refractivity contribution >= 4 is 81.9 Å². The Balaban J connectivity index is 1.08. The van der Waals surface area contributed by atoms with E-state index in [0.29, 0.717) is 5.92 Å².